The fraction of sp³-hybridized carbons (Fsp3) is 0.333. The molecule has 0 aliphatic rings. The monoisotopic (exact) mass is 222 g/mol. The zero-order valence-corrected chi connectivity index (χ0v) is 11.5. The van der Waals surface area contributed by atoms with Crippen molar-refractivity contribution in [1.82, 2.24) is 0 Å². The Morgan fingerprint density at radius 1 is 1.50 bits per heavy atom. The maximum Gasteiger partial charge on any atom is 1.00 e. The molecule has 0 aromatic rings. The summed E-state index contributed by atoms with van der Waals surface area (Å²) < 4.78 is 4.61. The van der Waals surface area contributed by atoms with E-state index < -0.39 is 11.9 Å². The van der Waals surface area contributed by atoms with Crippen LogP contribution < -0.4 is 56.5 Å². The van der Waals surface area contributed by atoms with Crippen LogP contribution in [0.25, 0.3) is 0 Å². The van der Waals surface area contributed by atoms with Crippen LogP contribution in [0.15, 0.2) is 24.3 Å². The Morgan fingerprint density at radius 2 is 2.07 bits per heavy atom. The molecule has 0 amide bonds. The summed E-state index contributed by atoms with van der Waals surface area (Å²) in [5.74, 6) is -1.73. The Bertz CT molecular complexity index is 245. The van der Waals surface area contributed by atoms with E-state index in [1.807, 2.05) is 0 Å². The van der Waals surface area contributed by atoms with Gasteiger partial charge in [0.15, 0.2) is 0 Å². The third-order valence-electron chi connectivity index (χ3n) is 1.30. The van der Waals surface area contributed by atoms with E-state index in [0.29, 0.717) is 6.42 Å². The van der Waals surface area contributed by atoms with Crippen LogP contribution >= 0.6 is 0 Å². The fourth-order valence-corrected chi connectivity index (χ4v) is 0.577. The van der Waals surface area contributed by atoms with Crippen molar-refractivity contribution in [3.63, 3.8) is 0 Å². The topological polar surface area (TPSA) is 66.4 Å². The molecule has 0 aromatic carbocycles. The van der Waals surface area contributed by atoms with Crippen LogP contribution in [-0.2, 0) is 14.3 Å². The Labute approximate surface area is 125 Å². The Balaban J connectivity index is 0. The van der Waals surface area contributed by atoms with E-state index in [9.17, 15) is 14.7 Å². The molecule has 14 heavy (non-hydrogen) atoms. The molecule has 0 aliphatic carbocycles. The maximum absolute atomic E-state index is 10.5. The van der Waals surface area contributed by atoms with Gasteiger partial charge in [-0.25, -0.2) is 4.79 Å². The van der Waals surface area contributed by atoms with Crippen molar-refractivity contribution in [1.29, 1.82) is 0 Å². The van der Waals surface area contributed by atoms with Gasteiger partial charge in [0.05, 0.1) is 12.6 Å². The van der Waals surface area contributed by atoms with Crippen molar-refractivity contribution in [2.75, 3.05) is 6.61 Å². The quantitative estimate of drug-likeness (QED) is 0.213. The van der Waals surface area contributed by atoms with Gasteiger partial charge in [-0.1, -0.05) is 12.7 Å². The molecule has 0 saturated heterocycles. The first-order valence-corrected chi connectivity index (χ1v) is 3.75. The molecular formula is C9H11KO4. The minimum atomic E-state index is -1.21. The first kappa shape index (κ1) is 16.5. The molecule has 0 bridgehead atoms. The van der Waals surface area contributed by atoms with E-state index in [1.54, 1.807) is 0 Å². The summed E-state index contributed by atoms with van der Waals surface area (Å²) in [6.07, 6.45) is 2.85. The number of carbonyl (C=O) groups excluding carboxylic acids is 2. The molecule has 5 heteroatoms. The number of carbonyl (C=O) groups is 2. The Hall–Kier alpha value is 0.0564. The SMILES string of the molecule is C=CC(=O)OCCC=C(C)C(=O)[O-].[K+]. The number of esters is 1. The van der Waals surface area contributed by atoms with Crippen LogP contribution in [0.1, 0.15) is 13.3 Å². The fourth-order valence-electron chi connectivity index (χ4n) is 0.577. The van der Waals surface area contributed by atoms with Crippen molar-refractivity contribution in [2.45, 2.75) is 13.3 Å². The first-order valence-electron chi connectivity index (χ1n) is 3.75. The van der Waals surface area contributed by atoms with Crippen LogP contribution in [0, 0.1) is 0 Å². The van der Waals surface area contributed by atoms with Crippen LogP contribution in [0.4, 0.5) is 0 Å². The molecule has 0 saturated carbocycles. The summed E-state index contributed by atoms with van der Waals surface area (Å²) in [5, 5.41) is 10.2. The molecule has 0 N–H and O–H groups in total. The molecule has 72 valence electrons. The van der Waals surface area contributed by atoms with E-state index in [1.165, 1.54) is 13.0 Å². The zero-order valence-electron chi connectivity index (χ0n) is 8.41. The van der Waals surface area contributed by atoms with Gasteiger partial charge in [0.2, 0.25) is 0 Å². The molecule has 0 aliphatic heterocycles. The number of ether oxygens (including phenoxy) is 1. The molecule has 0 fully saturated rings. The Morgan fingerprint density at radius 3 is 2.50 bits per heavy atom. The molecule has 4 nitrogen and oxygen atoms in total. The van der Waals surface area contributed by atoms with Gasteiger partial charge in [-0.15, -0.1) is 0 Å². The molecule has 0 unspecified atom stereocenters. The predicted octanol–water partition coefficient (Wildman–Crippen LogP) is -3.19. The van der Waals surface area contributed by atoms with Crippen LogP contribution in [0.5, 0.6) is 0 Å². The van der Waals surface area contributed by atoms with Crippen molar-refractivity contribution in [3.05, 3.63) is 24.3 Å². The van der Waals surface area contributed by atoms with E-state index in [2.05, 4.69) is 11.3 Å². The van der Waals surface area contributed by atoms with E-state index in [4.69, 9.17) is 0 Å². The van der Waals surface area contributed by atoms with Crippen molar-refractivity contribution in [2.24, 2.45) is 0 Å². The van der Waals surface area contributed by atoms with Crippen LogP contribution in [0.3, 0.4) is 0 Å². The minimum Gasteiger partial charge on any atom is -0.545 e. The second kappa shape index (κ2) is 9.61. The molecule has 0 spiro atoms. The van der Waals surface area contributed by atoms with Crippen molar-refractivity contribution in [3.8, 4) is 0 Å². The van der Waals surface area contributed by atoms with Crippen LogP contribution in [-0.4, -0.2) is 18.5 Å². The van der Waals surface area contributed by atoms with Gasteiger partial charge in [-0.3, -0.25) is 0 Å². The summed E-state index contributed by atoms with van der Waals surface area (Å²) in [5.41, 5.74) is 0.134. The van der Waals surface area contributed by atoms with Gasteiger partial charge in [-0.05, 0) is 12.5 Å². The van der Waals surface area contributed by atoms with E-state index in [0.717, 1.165) is 6.08 Å². The van der Waals surface area contributed by atoms with Gasteiger partial charge < -0.3 is 14.6 Å². The van der Waals surface area contributed by atoms with Gasteiger partial charge >= 0.3 is 57.4 Å². The summed E-state index contributed by atoms with van der Waals surface area (Å²) in [4.78, 5) is 20.7. The summed E-state index contributed by atoms with van der Waals surface area (Å²) in [6.45, 7) is 4.78. The van der Waals surface area contributed by atoms with Gasteiger partial charge in [-0.2, -0.15) is 0 Å². The molecule has 0 atom stereocenters. The molecule has 0 radical (unpaired) electrons. The number of hydrogen-bond donors (Lipinski definition) is 0. The second-order valence-corrected chi connectivity index (χ2v) is 2.33. The van der Waals surface area contributed by atoms with Gasteiger partial charge in [0, 0.05) is 12.5 Å². The summed E-state index contributed by atoms with van der Waals surface area (Å²) in [7, 11) is 0. The number of carboxylic acid groups (broad SMARTS) is 1. The van der Waals surface area contributed by atoms with E-state index in [-0.39, 0.29) is 63.6 Å². The molecule has 0 aromatic heterocycles. The largest absolute Gasteiger partial charge is 1.00 e. The zero-order chi connectivity index (χ0) is 10.3. The summed E-state index contributed by atoms with van der Waals surface area (Å²) >= 11 is 0. The number of rotatable bonds is 5. The second-order valence-electron chi connectivity index (χ2n) is 2.33. The molecule has 0 heterocycles. The van der Waals surface area contributed by atoms with Crippen molar-refractivity contribution < 1.29 is 70.8 Å². The average molecular weight is 222 g/mol. The average Bonchev–Trinajstić information content (AvgIpc) is 2.11. The third kappa shape index (κ3) is 8.65. The smallest absolute Gasteiger partial charge is 0.545 e. The standard InChI is InChI=1S/C9H12O4.K/c1-3-8(10)13-6-4-5-7(2)9(11)12;/h3,5H,1,4,6H2,2H3,(H,11,12);/q;+1/p-1. The Kier molecular flexibility index (Phi) is 11.3. The predicted molar refractivity (Wildman–Crippen MR) is 44.5 cm³/mol. The van der Waals surface area contributed by atoms with E-state index >= 15 is 0 Å². The number of aliphatic carboxylic acids is 1. The first-order chi connectivity index (χ1) is 6.07. The molecule has 0 rings (SSSR count). The number of carboxylic acids is 1. The third-order valence-corrected chi connectivity index (χ3v) is 1.30. The molecular weight excluding hydrogens is 211 g/mol. The number of hydrogen-bond acceptors (Lipinski definition) is 4. The maximum atomic E-state index is 10.5. The van der Waals surface area contributed by atoms with Crippen molar-refractivity contribution >= 4 is 11.9 Å². The summed E-state index contributed by atoms with van der Waals surface area (Å²) in [6, 6.07) is 0. The van der Waals surface area contributed by atoms with Crippen LogP contribution in [0.2, 0.25) is 0 Å². The normalized spacial score (nSPS) is 9.93. The van der Waals surface area contributed by atoms with Gasteiger partial charge in [0.1, 0.15) is 0 Å². The van der Waals surface area contributed by atoms with Gasteiger partial charge in [0.25, 0.3) is 0 Å². The minimum absolute atomic E-state index is 0.